The Morgan fingerprint density at radius 2 is 1.88 bits per heavy atom. The van der Waals surface area contributed by atoms with E-state index in [1.165, 1.54) is 5.56 Å². The minimum atomic E-state index is -0.139. The van der Waals surface area contributed by atoms with Gasteiger partial charge in [0.05, 0.1) is 18.8 Å². The summed E-state index contributed by atoms with van der Waals surface area (Å²) in [5, 5.41) is 10.6. The minimum absolute atomic E-state index is 0. The number of aliphatic imine (C=N–C) groups is 1. The molecule has 2 rings (SSSR count). The maximum Gasteiger partial charge on any atom is 0.191 e. The van der Waals surface area contributed by atoms with Crippen LogP contribution in [0.3, 0.4) is 0 Å². The fourth-order valence-electron chi connectivity index (χ4n) is 2.18. The smallest absolute Gasteiger partial charge is 0.191 e. The zero-order valence-electron chi connectivity index (χ0n) is 16.1. The number of halogens is 1. The number of nitrogens with one attached hydrogen (secondary N) is 2. The van der Waals surface area contributed by atoms with Crippen molar-refractivity contribution in [2.75, 3.05) is 7.05 Å². The molecular formula is C18H29IN6O. The van der Waals surface area contributed by atoms with Gasteiger partial charge < -0.3 is 15.4 Å². The fraction of sp³-hybridized carbons (Fsp3) is 0.500. The number of ether oxygens (including phenoxy) is 1. The van der Waals surface area contributed by atoms with Gasteiger partial charge in [-0.2, -0.15) is 5.10 Å². The zero-order valence-corrected chi connectivity index (χ0v) is 18.4. The van der Waals surface area contributed by atoms with Crippen LogP contribution in [0, 0.1) is 0 Å². The Morgan fingerprint density at radius 1 is 1.19 bits per heavy atom. The Labute approximate surface area is 172 Å². The molecule has 0 saturated carbocycles. The number of aromatic nitrogens is 3. The summed E-state index contributed by atoms with van der Waals surface area (Å²) in [6.07, 6.45) is 1.54. The van der Waals surface area contributed by atoms with Crippen molar-refractivity contribution in [3.05, 3.63) is 47.5 Å². The lowest BCUT2D eigenvalue weighted by Gasteiger charge is -2.19. The van der Waals surface area contributed by atoms with Gasteiger partial charge in [0.1, 0.15) is 12.2 Å². The van der Waals surface area contributed by atoms with Gasteiger partial charge in [-0.3, -0.25) is 9.67 Å². The van der Waals surface area contributed by atoms with Gasteiger partial charge in [-0.25, -0.2) is 4.98 Å². The maximum absolute atomic E-state index is 5.84. The monoisotopic (exact) mass is 472 g/mol. The van der Waals surface area contributed by atoms with Gasteiger partial charge in [-0.05, 0) is 31.9 Å². The summed E-state index contributed by atoms with van der Waals surface area (Å²) in [5.41, 5.74) is 2.20. The van der Waals surface area contributed by atoms with Crippen molar-refractivity contribution in [2.24, 2.45) is 12.0 Å². The summed E-state index contributed by atoms with van der Waals surface area (Å²) in [5.74, 6) is 1.57. The molecular weight excluding hydrogens is 443 g/mol. The number of hydrogen-bond acceptors (Lipinski definition) is 4. The second-order valence-electron chi connectivity index (χ2n) is 6.80. The van der Waals surface area contributed by atoms with Crippen LogP contribution in [0.25, 0.3) is 0 Å². The second-order valence-corrected chi connectivity index (χ2v) is 6.80. The molecule has 26 heavy (non-hydrogen) atoms. The number of rotatable bonds is 6. The van der Waals surface area contributed by atoms with E-state index in [2.05, 4.69) is 64.7 Å². The molecule has 0 spiro atoms. The lowest BCUT2D eigenvalue weighted by molar-refractivity contribution is -0.0149. The number of guanidine groups is 1. The zero-order chi connectivity index (χ0) is 18.3. The molecule has 1 aromatic heterocycles. The first-order valence-electron chi connectivity index (χ1n) is 8.36. The quantitative estimate of drug-likeness (QED) is 0.384. The first-order valence-corrected chi connectivity index (χ1v) is 8.36. The highest BCUT2D eigenvalue weighted by molar-refractivity contribution is 14.0. The molecule has 0 bridgehead atoms. The third kappa shape index (κ3) is 7.69. The lowest BCUT2D eigenvalue weighted by atomic mass is 10.1. The highest BCUT2D eigenvalue weighted by atomic mass is 127. The topological polar surface area (TPSA) is 76.4 Å². The van der Waals surface area contributed by atoms with Crippen molar-refractivity contribution in [3.8, 4) is 0 Å². The summed E-state index contributed by atoms with van der Waals surface area (Å²) >= 11 is 0. The molecule has 144 valence electrons. The normalized spacial score (nSPS) is 11.8. The molecule has 1 heterocycles. The molecule has 2 aromatic rings. The molecule has 0 unspecified atom stereocenters. The standard InChI is InChI=1S/C18H28N6O.HI/c1-18(2,3)25-12-15-8-6-7-14(9-15)10-20-17(19-4)21-11-16-22-13-23-24(16)5;/h6-9,13H,10-12H2,1-5H3,(H2,19,20,21);1H. The Morgan fingerprint density at radius 3 is 2.50 bits per heavy atom. The molecule has 0 amide bonds. The summed E-state index contributed by atoms with van der Waals surface area (Å²) in [4.78, 5) is 8.42. The molecule has 0 radical (unpaired) electrons. The van der Waals surface area contributed by atoms with Crippen LogP contribution >= 0.6 is 24.0 Å². The molecule has 0 aliphatic rings. The van der Waals surface area contributed by atoms with Crippen molar-refractivity contribution >= 4 is 29.9 Å². The fourth-order valence-corrected chi connectivity index (χ4v) is 2.18. The third-order valence-corrected chi connectivity index (χ3v) is 3.57. The molecule has 7 nitrogen and oxygen atoms in total. The Bertz CT molecular complexity index is 708. The van der Waals surface area contributed by atoms with Gasteiger partial charge in [-0.15, -0.1) is 24.0 Å². The predicted octanol–water partition coefficient (Wildman–Crippen LogP) is 2.61. The van der Waals surface area contributed by atoms with Crippen LogP contribution in [0.15, 0.2) is 35.6 Å². The van der Waals surface area contributed by atoms with Gasteiger partial charge in [0.25, 0.3) is 0 Å². The van der Waals surface area contributed by atoms with Crippen LogP contribution in [-0.4, -0.2) is 33.4 Å². The molecule has 0 aliphatic heterocycles. The average Bonchev–Trinajstić information content (AvgIpc) is 2.98. The van der Waals surface area contributed by atoms with Crippen LogP contribution in [-0.2, 0) is 31.5 Å². The van der Waals surface area contributed by atoms with E-state index in [0.717, 1.165) is 17.3 Å². The van der Waals surface area contributed by atoms with Crippen molar-refractivity contribution < 1.29 is 4.74 Å². The Kier molecular flexibility index (Phi) is 9.00. The molecule has 0 atom stereocenters. The summed E-state index contributed by atoms with van der Waals surface area (Å²) in [6.45, 7) is 8.04. The van der Waals surface area contributed by atoms with E-state index in [4.69, 9.17) is 4.74 Å². The van der Waals surface area contributed by atoms with Gasteiger partial charge >= 0.3 is 0 Å². The van der Waals surface area contributed by atoms with Crippen LogP contribution in [0.1, 0.15) is 37.7 Å². The van der Waals surface area contributed by atoms with E-state index in [1.54, 1.807) is 18.1 Å². The van der Waals surface area contributed by atoms with E-state index in [-0.39, 0.29) is 29.6 Å². The first-order chi connectivity index (χ1) is 11.9. The van der Waals surface area contributed by atoms with Crippen molar-refractivity contribution in [2.45, 2.75) is 46.1 Å². The molecule has 0 saturated heterocycles. The van der Waals surface area contributed by atoms with Crippen molar-refractivity contribution in [1.29, 1.82) is 0 Å². The predicted molar refractivity (Wildman–Crippen MR) is 114 cm³/mol. The van der Waals surface area contributed by atoms with E-state index in [0.29, 0.717) is 19.7 Å². The minimum Gasteiger partial charge on any atom is -0.371 e. The second kappa shape index (κ2) is 10.5. The number of hydrogen-bond donors (Lipinski definition) is 2. The van der Waals surface area contributed by atoms with E-state index >= 15 is 0 Å². The number of benzene rings is 1. The SMILES string of the molecule is CN=C(NCc1cccc(COC(C)(C)C)c1)NCc1ncnn1C.I. The Balaban J connectivity index is 0.00000338. The molecule has 0 aliphatic carbocycles. The van der Waals surface area contributed by atoms with Crippen LogP contribution < -0.4 is 10.6 Å². The number of aryl methyl sites for hydroxylation is 1. The van der Waals surface area contributed by atoms with Crippen molar-refractivity contribution in [3.63, 3.8) is 0 Å². The average molecular weight is 472 g/mol. The van der Waals surface area contributed by atoms with Crippen LogP contribution in [0.5, 0.6) is 0 Å². The van der Waals surface area contributed by atoms with Crippen LogP contribution in [0.4, 0.5) is 0 Å². The summed E-state index contributed by atoms with van der Waals surface area (Å²) in [7, 11) is 3.62. The van der Waals surface area contributed by atoms with Gasteiger partial charge in [-0.1, -0.05) is 24.3 Å². The van der Waals surface area contributed by atoms with Gasteiger partial charge in [0.15, 0.2) is 5.96 Å². The van der Waals surface area contributed by atoms with Crippen LogP contribution in [0.2, 0.25) is 0 Å². The summed E-state index contributed by atoms with van der Waals surface area (Å²) < 4.78 is 7.57. The Hall–Kier alpha value is -1.68. The summed E-state index contributed by atoms with van der Waals surface area (Å²) in [6, 6.07) is 8.36. The molecule has 1 aromatic carbocycles. The molecule has 2 N–H and O–H groups in total. The van der Waals surface area contributed by atoms with E-state index < -0.39 is 0 Å². The van der Waals surface area contributed by atoms with Crippen molar-refractivity contribution in [1.82, 2.24) is 25.4 Å². The highest BCUT2D eigenvalue weighted by Crippen LogP contribution is 2.13. The molecule has 0 fully saturated rings. The van der Waals surface area contributed by atoms with Gasteiger partial charge in [0, 0.05) is 20.6 Å². The lowest BCUT2D eigenvalue weighted by Crippen LogP contribution is -2.37. The largest absolute Gasteiger partial charge is 0.371 e. The van der Waals surface area contributed by atoms with E-state index in [1.807, 2.05) is 13.1 Å². The first kappa shape index (κ1) is 22.4. The van der Waals surface area contributed by atoms with E-state index in [9.17, 15) is 0 Å². The number of nitrogens with zero attached hydrogens (tertiary/aromatic N) is 4. The third-order valence-electron chi connectivity index (χ3n) is 3.57. The molecule has 8 heteroatoms. The van der Waals surface area contributed by atoms with Gasteiger partial charge in [0.2, 0.25) is 0 Å². The maximum atomic E-state index is 5.84. The highest BCUT2D eigenvalue weighted by Gasteiger charge is 2.10.